The number of fused-ring (bicyclic) bond motifs is 1. The minimum atomic E-state index is -2.10. The van der Waals surface area contributed by atoms with E-state index >= 15 is 0 Å². The van der Waals surface area contributed by atoms with Gasteiger partial charge in [-0.15, -0.1) is 0 Å². The molecule has 0 radical (unpaired) electrons. The predicted octanol–water partition coefficient (Wildman–Crippen LogP) is 4.08. The fourth-order valence-electron chi connectivity index (χ4n) is 2.48. The van der Waals surface area contributed by atoms with Crippen LogP contribution in [0, 0.1) is 5.41 Å². The lowest BCUT2D eigenvalue weighted by Crippen LogP contribution is -2.50. The number of nitrogen functional groups attached to an aromatic ring is 1. The lowest BCUT2D eigenvalue weighted by Gasteiger charge is -2.41. The average molecular weight is 422 g/mol. The van der Waals surface area contributed by atoms with Gasteiger partial charge in [0.25, 0.3) is 0 Å². The van der Waals surface area contributed by atoms with E-state index in [1.165, 1.54) is 6.33 Å². The van der Waals surface area contributed by atoms with Crippen molar-refractivity contribution in [2.45, 2.75) is 78.7 Å². The van der Waals surface area contributed by atoms with E-state index in [1.807, 2.05) is 27.7 Å². The SMILES string of the molecule is CCC(CO[Si](C)(C)C(C)(C)C)(OC(=O)C(C)(C)C)n1cnc2c(N)ncnc21. The first-order chi connectivity index (χ1) is 13.1. The lowest BCUT2D eigenvalue weighted by atomic mass is 9.97. The van der Waals surface area contributed by atoms with Crippen molar-refractivity contribution in [2.24, 2.45) is 5.41 Å². The van der Waals surface area contributed by atoms with Gasteiger partial charge in [0.2, 0.25) is 5.72 Å². The zero-order valence-corrected chi connectivity index (χ0v) is 20.2. The molecular weight excluding hydrogens is 386 g/mol. The molecule has 0 fully saturated rings. The van der Waals surface area contributed by atoms with Crippen LogP contribution in [-0.4, -0.2) is 40.4 Å². The van der Waals surface area contributed by atoms with Crippen LogP contribution >= 0.6 is 0 Å². The second-order valence-corrected chi connectivity index (χ2v) is 14.8. The highest BCUT2D eigenvalue weighted by Crippen LogP contribution is 2.39. The number of ether oxygens (including phenoxy) is 1. The monoisotopic (exact) mass is 421 g/mol. The molecule has 8 nitrogen and oxygen atoms in total. The fourth-order valence-corrected chi connectivity index (χ4v) is 3.50. The van der Waals surface area contributed by atoms with Crippen LogP contribution < -0.4 is 5.73 Å². The van der Waals surface area contributed by atoms with Crippen molar-refractivity contribution in [3.8, 4) is 0 Å². The van der Waals surface area contributed by atoms with Gasteiger partial charge in [0.05, 0.1) is 12.0 Å². The molecule has 0 aliphatic carbocycles. The minimum absolute atomic E-state index is 0.0180. The number of aromatic nitrogens is 4. The molecule has 1 unspecified atom stereocenters. The molecule has 0 amide bonds. The molecule has 2 heterocycles. The van der Waals surface area contributed by atoms with Crippen LogP contribution in [0.1, 0.15) is 54.9 Å². The summed E-state index contributed by atoms with van der Waals surface area (Å²) in [4.78, 5) is 25.6. The summed E-state index contributed by atoms with van der Waals surface area (Å²) in [7, 11) is -2.10. The van der Waals surface area contributed by atoms with Crippen molar-refractivity contribution in [2.75, 3.05) is 12.3 Å². The van der Waals surface area contributed by atoms with Gasteiger partial charge in [0, 0.05) is 6.42 Å². The van der Waals surface area contributed by atoms with Crippen LogP contribution in [0.2, 0.25) is 18.1 Å². The number of imidazole rings is 1. The standard InChI is InChI=1S/C20H35N5O3Si/c1-10-20(28-17(26)18(2,3)4,11-27-29(8,9)19(5,6)7)25-13-24-14-15(21)22-12-23-16(14)25/h12-13H,10-11H2,1-9H3,(H2,21,22,23). The number of anilines is 1. The van der Waals surface area contributed by atoms with E-state index < -0.39 is 19.5 Å². The van der Waals surface area contributed by atoms with Gasteiger partial charge < -0.3 is 14.9 Å². The third kappa shape index (κ3) is 4.61. The van der Waals surface area contributed by atoms with E-state index in [-0.39, 0.29) is 23.4 Å². The Kier molecular flexibility index (Phi) is 6.16. The van der Waals surface area contributed by atoms with E-state index in [1.54, 1.807) is 10.9 Å². The fraction of sp³-hybridized carbons (Fsp3) is 0.700. The largest absolute Gasteiger partial charge is 0.436 e. The highest BCUT2D eigenvalue weighted by molar-refractivity contribution is 6.74. The van der Waals surface area contributed by atoms with Crippen molar-refractivity contribution in [1.82, 2.24) is 19.5 Å². The van der Waals surface area contributed by atoms with Crippen LogP contribution in [0.15, 0.2) is 12.7 Å². The van der Waals surface area contributed by atoms with Crippen molar-refractivity contribution < 1.29 is 14.0 Å². The molecule has 2 rings (SSSR count). The van der Waals surface area contributed by atoms with Crippen molar-refractivity contribution in [3.05, 3.63) is 12.7 Å². The topological polar surface area (TPSA) is 105 Å². The van der Waals surface area contributed by atoms with Gasteiger partial charge in [-0.05, 0) is 38.9 Å². The minimum Gasteiger partial charge on any atom is -0.436 e. The Morgan fingerprint density at radius 3 is 2.28 bits per heavy atom. The van der Waals surface area contributed by atoms with Crippen LogP contribution in [0.3, 0.4) is 0 Å². The van der Waals surface area contributed by atoms with Crippen molar-refractivity contribution in [1.29, 1.82) is 0 Å². The molecule has 9 heteroatoms. The molecule has 0 aliphatic rings. The number of esters is 1. The number of hydrogen-bond donors (Lipinski definition) is 1. The summed E-state index contributed by atoms with van der Waals surface area (Å²) in [6.45, 7) is 18.5. The summed E-state index contributed by atoms with van der Waals surface area (Å²) in [6.07, 6.45) is 3.47. The number of carbonyl (C=O) groups excluding carboxylic acids is 1. The summed E-state index contributed by atoms with van der Waals surface area (Å²) in [5.74, 6) is -0.0340. The molecule has 29 heavy (non-hydrogen) atoms. The highest BCUT2D eigenvalue weighted by Gasteiger charge is 2.44. The Balaban J connectivity index is 2.57. The number of hydrogen-bond acceptors (Lipinski definition) is 7. The van der Waals surface area contributed by atoms with Crippen LogP contribution in [0.25, 0.3) is 11.2 Å². The van der Waals surface area contributed by atoms with Gasteiger partial charge in [0.1, 0.15) is 18.2 Å². The predicted molar refractivity (Wildman–Crippen MR) is 117 cm³/mol. The summed E-state index contributed by atoms with van der Waals surface area (Å²) < 4.78 is 14.4. The van der Waals surface area contributed by atoms with Crippen molar-refractivity contribution >= 4 is 31.3 Å². The van der Waals surface area contributed by atoms with Gasteiger partial charge in [-0.25, -0.2) is 15.0 Å². The lowest BCUT2D eigenvalue weighted by molar-refractivity contribution is -0.188. The molecule has 0 bridgehead atoms. The van der Waals surface area contributed by atoms with E-state index in [4.69, 9.17) is 14.9 Å². The number of nitrogens with two attached hydrogens (primary N) is 1. The molecule has 2 N–H and O–H groups in total. The molecule has 0 saturated heterocycles. The van der Waals surface area contributed by atoms with Gasteiger partial charge in [-0.1, -0.05) is 27.7 Å². The third-order valence-electron chi connectivity index (χ3n) is 5.71. The first-order valence-electron chi connectivity index (χ1n) is 9.96. The van der Waals surface area contributed by atoms with Gasteiger partial charge in [-0.3, -0.25) is 9.36 Å². The molecule has 0 spiro atoms. The number of nitrogens with zero attached hydrogens (tertiary/aromatic N) is 4. The number of rotatable bonds is 6. The van der Waals surface area contributed by atoms with Gasteiger partial charge >= 0.3 is 5.97 Å². The Bertz CT molecular complexity index is 882. The van der Waals surface area contributed by atoms with Crippen LogP contribution in [-0.2, 0) is 19.7 Å². The maximum atomic E-state index is 12.9. The van der Waals surface area contributed by atoms with Gasteiger partial charge in [-0.2, -0.15) is 0 Å². The molecule has 0 aliphatic heterocycles. The summed E-state index contributed by atoms with van der Waals surface area (Å²) in [5, 5.41) is 0.0180. The van der Waals surface area contributed by atoms with E-state index in [9.17, 15) is 4.79 Å². The quantitative estimate of drug-likeness (QED) is 0.553. The first-order valence-corrected chi connectivity index (χ1v) is 12.9. The summed E-state index contributed by atoms with van der Waals surface area (Å²) >= 11 is 0. The molecular formula is C20H35N5O3Si. The zero-order chi connectivity index (χ0) is 22.3. The maximum Gasteiger partial charge on any atom is 0.313 e. The normalized spacial score (nSPS) is 15.3. The molecule has 162 valence electrons. The zero-order valence-electron chi connectivity index (χ0n) is 19.2. The van der Waals surface area contributed by atoms with E-state index in [0.29, 0.717) is 17.6 Å². The smallest absolute Gasteiger partial charge is 0.313 e. The molecule has 0 aromatic carbocycles. The summed E-state index contributed by atoms with van der Waals surface area (Å²) in [6, 6.07) is 0. The Morgan fingerprint density at radius 1 is 1.14 bits per heavy atom. The molecule has 1 atom stereocenters. The van der Waals surface area contributed by atoms with Crippen LogP contribution in [0.5, 0.6) is 0 Å². The Hall–Kier alpha value is -2.00. The highest BCUT2D eigenvalue weighted by atomic mass is 28.4. The van der Waals surface area contributed by atoms with Crippen molar-refractivity contribution in [3.63, 3.8) is 0 Å². The van der Waals surface area contributed by atoms with Crippen LogP contribution in [0.4, 0.5) is 5.82 Å². The van der Waals surface area contributed by atoms with E-state index in [0.717, 1.165) is 0 Å². The second kappa shape index (κ2) is 7.68. The molecule has 0 saturated carbocycles. The first kappa shape index (κ1) is 23.3. The van der Waals surface area contributed by atoms with E-state index in [2.05, 4.69) is 48.8 Å². The molecule has 2 aromatic heterocycles. The molecule has 2 aromatic rings. The Morgan fingerprint density at radius 2 is 1.76 bits per heavy atom. The third-order valence-corrected chi connectivity index (χ3v) is 10.2. The summed E-state index contributed by atoms with van der Waals surface area (Å²) in [5.41, 5.74) is 5.20. The Labute approximate surface area is 174 Å². The van der Waals surface area contributed by atoms with Gasteiger partial charge in [0.15, 0.2) is 19.8 Å². The number of carbonyl (C=O) groups is 1. The average Bonchev–Trinajstić information content (AvgIpc) is 3.03. The second-order valence-electron chi connectivity index (χ2n) is 10.0. The maximum absolute atomic E-state index is 12.9.